The van der Waals surface area contributed by atoms with Gasteiger partial charge in [-0.1, -0.05) is 32.0 Å². The Kier molecular flexibility index (Phi) is 5.83. The van der Waals surface area contributed by atoms with Crippen molar-refractivity contribution in [3.05, 3.63) is 29.8 Å². The first-order chi connectivity index (χ1) is 8.97. The number of carbonyl (C=O) groups excluding carboxylic acids is 1. The normalized spacial score (nSPS) is 12.3. The van der Waals surface area contributed by atoms with Gasteiger partial charge in [0, 0.05) is 25.2 Å². The van der Waals surface area contributed by atoms with Gasteiger partial charge < -0.3 is 15.4 Å². The summed E-state index contributed by atoms with van der Waals surface area (Å²) in [5.41, 5.74) is 6.54. The fraction of sp³-hybridized carbons (Fsp3) is 0.533. The van der Waals surface area contributed by atoms with Gasteiger partial charge in [-0.3, -0.25) is 4.79 Å². The average Bonchev–Trinajstić information content (AvgIpc) is 2.43. The number of carbonyl (C=O) groups is 1. The lowest BCUT2D eigenvalue weighted by molar-refractivity contribution is -0.134. The summed E-state index contributed by atoms with van der Waals surface area (Å²) in [6.07, 6.45) is 0. The molecular formula is C15H24N2O2. The predicted octanol–water partition coefficient (Wildman–Crippen LogP) is 2.03. The van der Waals surface area contributed by atoms with Crippen molar-refractivity contribution in [1.82, 2.24) is 4.90 Å². The van der Waals surface area contributed by atoms with Gasteiger partial charge in [0.15, 0.2) is 6.61 Å². The van der Waals surface area contributed by atoms with Crippen LogP contribution < -0.4 is 10.5 Å². The third-order valence-electron chi connectivity index (χ3n) is 3.51. The molecule has 1 aromatic carbocycles. The van der Waals surface area contributed by atoms with Gasteiger partial charge in [-0.25, -0.2) is 0 Å². The van der Waals surface area contributed by atoms with Crippen LogP contribution in [0.25, 0.3) is 0 Å². The van der Waals surface area contributed by atoms with Gasteiger partial charge in [-0.15, -0.1) is 0 Å². The summed E-state index contributed by atoms with van der Waals surface area (Å²) in [6, 6.07) is 7.71. The highest BCUT2D eigenvalue weighted by molar-refractivity contribution is 5.77. The molecule has 0 bridgehead atoms. The number of para-hydroxylation sites is 1. The largest absolute Gasteiger partial charge is 0.483 e. The fourth-order valence-electron chi connectivity index (χ4n) is 1.73. The third kappa shape index (κ3) is 4.24. The molecule has 0 aliphatic rings. The molecule has 1 atom stereocenters. The number of rotatable bonds is 6. The zero-order chi connectivity index (χ0) is 14.4. The van der Waals surface area contributed by atoms with Crippen LogP contribution in [0.2, 0.25) is 0 Å². The Balaban J connectivity index is 2.59. The predicted molar refractivity (Wildman–Crippen MR) is 76.9 cm³/mol. The lowest BCUT2D eigenvalue weighted by Crippen LogP contribution is -2.40. The molecule has 0 fully saturated rings. The summed E-state index contributed by atoms with van der Waals surface area (Å²) in [7, 11) is 1.81. The molecule has 0 saturated carbocycles. The minimum absolute atomic E-state index is 0.0203. The molecule has 0 aromatic heterocycles. The van der Waals surface area contributed by atoms with E-state index in [-0.39, 0.29) is 18.6 Å². The molecule has 1 aromatic rings. The van der Waals surface area contributed by atoms with Crippen LogP contribution in [0.1, 0.15) is 26.3 Å². The maximum atomic E-state index is 12.0. The van der Waals surface area contributed by atoms with Crippen LogP contribution in [0.15, 0.2) is 24.3 Å². The maximum Gasteiger partial charge on any atom is 0.260 e. The Morgan fingerprint density at radius 3 is 2.53 bits per heavy atom. The maximum absolute atomic E-state index is 12.0. The standard InChI is InChI=1S/C15H24N2O2/c1-11(2)12(3)17(4)15(18)10-19-14-8-6-5-7-13(14)9-16/h5-8,11-12H,9-10,16H2,1-4H3. The molecule has 2 N–H and O–H groups in total. The first kappa shape index (κ1) is 15.5. The second-order valence-corrected chi connectivity index (χ2v) is 5.09. The van der Waals surface area contributed by atoms with Crippen LogP contribution in [-0.2, 0) is 11.3 Å². The van der Waals surface area contributed by atoms with E-state index in [9.17, 15) is 4.79 Å². The molecule has 0 saturated heterocycles. The highest BCUT2D eigenvalue weighted by atomic mass is 16.5. The Hall–Kier alpha value is -1.55. The van der Waals surface area contributed by atoms with Gasteiger partial charge in [0.25, 0.3) is 5.91 Å². The SMILES string of the molecule is CC(C)C(C)N(C)C(=O)COc1ccccc1CN. The summed E-state index contributed by atoms with van der Waals surface area (Å²) >= 11 is 0. The van der Waals surface area contributed by atoms with Crippen LogP contribution >= 0.6 is 0 Å². The van der Waals surface area contributed by atoms with Gasteiger partial charge in [-0.05, 0) is 18.9 Å². The van der Waals surface area contributed by atoms with Crippen molar-refractivity contribution in [2.24, 2.45) is 11.7 Å². The Labute approximate surface area is 115 Å². The van der Waals surface area contributed by atoms with Crippen LogP contribution in [0.4, 0.5) is 0 Å². The zero-order valence-electron chi connectivity index (χ0n) is 12.2. The van der Waals surface area contributed by atoms with Crippen LogP contribution in [0.5, 0.6) is 5.75 Å². The number of nitrogens with zero attached hydrogens (tertiary/aromatic N) is 1. The number of ether oxygens (including phenoxy) is 1. The van der Waals surface area contributed by atoms with Gasteiger partial charge >= 0.3 is 0 Å². The molecule has 1 rings (SSSR count). The lowest BCUT2D eigenvalue weighted by Gasteiger charge is -2.28. The van der Waals surface area contributed by atoms with Crippen LogP contribution in [0, 0.1) is 5.92 Å². The molecule has 4 heteroatoms. The molecule has 1 amide bonds. The van der Waals surface area contributed by atoms with Gasteiger partial charge in [0.1, 0.15) is 5.75 Å². The number of nitrogens with two attached hydrogens (primary N) is 1. The fourth-order valence-corrected chi connectivity index (χ4v) is 1.73. The highest BCUT2D eigenvalue weighted by Crippen LogP contribution is 2.17. The van der Waals surface area contributed by atoms with E-state index in [2.05, 4.69) is 13.8 Å². The minimum atomic E-state index is -0.0203. The Morgan fingerprint density at radius 2 is 1.95 bits per heavy atom. The quantitative estimate of drug-likeness (QED) is 0.855. The molecule has 0 spiro atoms. The third-order valence-corrected chi connectivity index (χ3v) is 3.51. The van der Waals surface area contributed by atoms with Crippen molar-refractivity contribution in [3.8, 4) is 5.75 Å². The van der Waals surface area contributed by atoms with Gasteiger partial charge in [0.05, 0.1) is 0 Å². The molecule has 0 heterocycles. The molecule has 0 radical (unpaired) electrons. The zero-order valence-corrected chi connectivity index (χ0v) is 12.2. The molecule has 4 nitrogen and oxygen atoms in total. The van der Waals surface area contributed by atoms with Crippen molar-refractivity contribution in [1.29, 1.82) is 0 Å². The topological polar surface area (TPSA) is 55.6 Å². The van der Waals surface area contributed by atoms with E-state index < -0.39 is 0 Å². The van der Waals surface area contributed by atoms with Crippen molar-refractivity contribution in [2.75, 3.05) is 13.7 Å². The molecule has 106 valence electrons. The Bertz CT molecular complexity index is 418. The summed E-state index contributed by atoms with van der Waals surface area (Å²) in [4.78, 5) is 13.8. The highest BCUT2D eigenvalue weighted by Gasteiger charge is 2.19. The molecule has 0 aliphatic carbocycles. The average molecular weight is 264 g/mol. The van der Waals surface area contributed by atoms with Crippen molar-refractivity contribution >= 4 is 5.91 Å². The smallest absolute Gasteiger partial charge is 0.260 e. The van der Waals surface area contributed by atoms with E-state index in [1.165, 1.54) is 0 Å². The van der Waals surface area contributed by atoms with E-state index in [1.807, 2.05) is 38.2 Å². The van der Waals surface area contributed by atoms with Crippen molar-refractivity contribution in [2.45, 2.75) is 33.4 Å². The first-order valence-electron chi connectivity index (χ1n) is 6.63. The summed E-state index contributed by atoms with van der Waals surface area (Å²) in [5.74, 6) is 1.09. The van der Waals surface area contributed by atoms with E-state index in [1.54, 1.807) is 4.90 Å². The number of hydrogen-bond acceptors (Lipinski definition) is 3. The van der Waals surface area contributed by atoms with Gasteiger partial charge in [0.2, 0.25) is 0 Å². The van der Waals surface area contributed by atoms with Crippen molar-refractivity contribution < 1.29 is 9.53 Å². The first-order valence-corrected chi connectivity index (χ1v) is 6.63. The second-order valence-electron chi connectivity index (χ2n) is 5.09. The second kappa shape index (κ2) is 7.14. The molecule has 0 aliphatic heterocycles. The van der Waals surface area contributed by atoms with Crippen LogP contribution in [0.3, 0.4) is 0 Å². The van der Waals surface area contributed by atoms with E-state index in [0.29, 0.717) is 18.2 Å². The Morgan fingerprint density at radius 1 is 1.32 bits per heavy atom. The molecule has 19 heavy (non-hydrogen) atoms. The molecular weight excluding hydrogens is 240 g/mol. The summed E-state index contributed by atoms with van der Waals surface area (Å²) in [5, 5.41) is 0. The van der Waals surface area contributed by atoms with E-state index >= 15 is 0 Å². The number of likely N-dealkylation sites (N-methyl/N-ethyl adjacent to an activating group) is 1. The van der Waals surface area contributed by atoms with Crippen LogP contribution in [-0.4, -0.2) is 30.5 Å². The monoisotopic (exact) mass is 264 g/mol. The lowest BCUT2D eigenvalue weighted by atomic mass is 10.1. The van der Waals surface area contributed by atoms with Gasteiger partial charge in [-0.2, -0.15) is 0 Å². The number of benzene rings is 1. The van der Waals surface area contributed by atoms with E-state index in [4.69, 9.17) is 10.5 Å². The van der Waals surface area contributed by atoms with Crippen molar-refractivity contribution in [3.63, 3.8) is 0 Å². The van der Waals surface area contributed by atoms with E-state index in [0.717, 1.165) is 5.56 Å². The molecule has 1 unspecified atom stereocenters. The summed E-state index contributed by atoms with van der Waals surface area (Å²) < 4.78 is 5.57. The number of amides is 1. The minimum Gasteiger partial charge on any atom is -0.483 e. The summed E-state index contributed by atoms with van der Waals surface area (Å²) in [6.45, 7) is 6.68. The number of hydrogen-bond donors (Lipinski definition) is 1.